The van der Waals surface area contributed by atoms with Gasteiger partial charge in [-0.15, -0.1) is 0 Å². The van der Waals surface area contributed by atoms with Gasteiger partial charge in [0, 0.05) is 13.6 Å². The molecule has 2 aromatic carbocycles. The minimum Gasteiger partial charge on any atom is -0.340 e. The molecule has 0 aromatic heterocycles. The molecule has 1 atom stereocenters. The molecule has 0 saturated heterocycles. The number of rotatable bonds is 3. The quantitative estimate of drug-likeness (QED) is 0.896. The van der Waals surface area contributed by atoms with E-state index in [0.717, 1.165) is 5.56 Å². The summed E-state index contributed by atoms with van der Waals surface area (Å²) in [7, 11) is 1.79. The fourth-order valence-corrected chi connectivity index (χ4v) is 2.11. The number of nitrogens with two attached hydrogens (primary N) is 1. The molecule has 1 amide bonds. The average molecular weight is 242 g/mol. The first-order valence-corrected chi connectivity index (χ1v) is 6.07. The standard InChI is InChI=1S/C15H18N2O/c1-11(16)15(18)17(2)10-13-8-5-7-12-6-3-4-9-14(12)13/h3-9,11H,10,16H2,1-2H3/t11-/m1/s1. The molecule has 18 heavy (non-hydrogen) atoms. The van der Waals surface area contributed by atoms with Crippen LogP contribution in [0.2, 0.25) is 0 Å². The maximum absolute atomic E-state index is 11.8. The van der Waals surface area contributed by atoms with E-state index in [-0.39, 0.29) is 5.91 Å². The molecule has 2 rings (SSSR count). The van der Waals surface area contributed by atoms with Crippen molar-refractivity contribution in [3.8, 4) is 0 Å². The first-order valence-electron chi connectivity index (χ1n) is 6.07. The summed E-state index contributed by atoms with van der Waals surface area (Å²) < 4.78 is 0. The molecule has 94 valence electrons. The van der Waals surface area contributed by atoms with Gasteiger partial charge in [-0.2, -0.15) is 0 Å². The van der Waals surface area contributed by atoms with E-state index in [1.807, 2.05) is 24.3 Å². The predicted molar refractivity (Wildman–Crippen MR) is 74.1 cm³/mol. The number of amides is 1. The highest BCUT2D eigenvalue weighted by molar-refractivity contribution is 5.86. The molecule has 2 aromatic rings. The minimum atomic E-state index is -0.454. The molecule has 0 spiro atoms. The minimum absolute atomic E-state index is 0.0389. The zero-order valence-corrected chi connectivity index (χ0v) is 10.8. The highest BCUT2D eigenvalue weighted by Gasteiger charge is 2.14. The second-order valence-electron chi connectivity index (χ2n) is 4.62. The van der Waals surface area contributed by atoms with Crippen molar-refractivity contribution in [2.45, 2.75) is 19.5 Å². The molecule has 0 saturated carbocycles. The second-order valence-corrected chi connectivity index (χ2v) is 4.62. The fraction of sp³-hybridized carbons (Fsp3) is 0.267. The van der Waals surface area contributed by atoms with Gasteiger partial charge in [0.1, 0.15) is 0 Å². The van der Waals surface area contributed by atoms with Crippen molar-refractivity contribution in [1.82, 2.24) is 4.90 Å². The zero-order valence-electron chi connectivity index (χ0n) is 10.8. The summed E-state index contributed by atoms with van der Waals surface area (Å²) in [5.74, 6) is -0.0389. The predicted octanol–water partition coefficient (Wildman–Crippen LogP) is 2.15. The van der Waals surface area contributed by atoms with E-state index in [9.17, 15) is 4.79 Å². The molecule has 0 aliphatic heterocycles. The van der Waals surface area contributed by atoms with Crippen LogP contribution in [0.5, 0.6) is 0 Å². The Kier molecular flexibility index (Phi) is 3.63. The normalized spacial score (nSPS) is 12.4. The van der Waals surface area contributed by atoms with Crippen LogP contribution in [0.15, 0.2) is 42.5 Å². The second kappa shape index (κ2) is 5.19. The summed E-state index contributed by atoms with van der Waals surface area (Å²) in [4.78, 5) is 13.5. The Hall–Kier alpha value is -1.87. The van der Waals surface area contributed by atoms with Crippen LogP contribution in [-0.4, -0.2) is 23.9 Å². The average Bonchev–Trinajstić information content (AvgIpc) is 2.38. The molecule has 3 heteroatoms. The highest BCUT2D eigenvalue weighted by Crippen LogP contribution is 2.19. The molecule has 0 aliphatic carbocycles. The lowest BCUT2D eigenvalue weighted by atomic mass is 10.0. The molecule has 0 radical (unpaired) electrons. The number of benzene rings is 2. The van der Waals surface area contributed by atoms with Gasteiger partial charge in [0.2, 0.25) is 5.91 Å². The number of hydrogen-bond donors (Lipinski definition) is 1. The smallest absolute Gasteiger partial charge is 0.239 e. The molecule has 3 nitrogen and oxygen atoms in total. The Morgan fingerprint density at radius 2 is 1.89 bits per heavy atom. The van der Waals surface area contributed by atoms with Crippen LogP contribution < -0.4 is 5.73 Å². The van der Waals surface area contributed by atoms with Gasteiger partial charge in [0.05, 0.1) is 6.04 Å². The summed E-state index contributed by atoms with van der Waals surface area (Å²) in [6.45, 7) is 2.30. The molecule has 0 unspecified atom stereocenters. The molecule has 2 N–H and O–H groups in total. The van der Waals surface area contributed by atoms with Crippen LogP contribution >= 0.6 is 0 Å². The molecular weight excluding hydrogens is 224 g/mol. The Bertz CT molecular complexity index is 558. The van der Waals surface area contributed by atoms with Crippen LogP contribution in [-0.2, 0) is 11.3 Å². The van der Waals surface area contributed by atoms with E-state index in [1.54, 1.807) is 18.9 Å². The van der Waals surface area contributed by atoms with E-state index in [4.69, 9.17) is 5.73 Å². The van der Waals surface area contributed by atoms with Crippen LogP contribution in [0, 0.1) is 0 Å². The van der Waals surface area contributed by atoms with Gasteiger partial charge in [0.15, 0.2) is 0 Å². The van der Waals surface area contributed by atoms with Gasteiger partial charge in [-0.05, 0) is 23.3 Å². The Balaban J connectivity index is 2.29. The van der Waals surface area contributed by atoms with Crippen molar-refractivity contribution in [3.63, 3.8) is 0 Å². The van der Waals surface area contributed by atoms with Crippen LogP contribution in [0.1, 0.15) is 12.5 Å². The van der Waals surface area contributed by atoms with E-state index in [0.29, 0.717) is 6.54 Å². The number of hydrogen-bond acceptors (Lipinski definition) is 2. The van der Waals surface area contributed by atoms with Crippen molar-refractivity contribution in [1.29, 1.82) is 0 Å². The van der Waals surface area contributed by atoms with Crippen molar-refractivity contribution >= 4 is 16.7 Å². The summed E-state index contributed by atoms with van der Waals surface area (Å²) in [5.41, 5.74) is 6.76. The SMILES string of the molecule is C[C@@H](N)C(=O)N(C)Cc1cccc2ccccc12. The van der Waals surface area contributed by atoms with Gasteiger partial charge in [-0.3, -0.25) is 4.79 Å². The lowest BCUT2D eigenvalue weighted by molar-refractivity contribution is -0.131. The Labute approximate surface area is 107 Å². The number of nitrogens with zero attached hydrogens (tertiary/aromatic N) is 1. The number of carbonyl (C=O) groups excluding carboxylic acids is 1. The van der Waals surface area contributed by atoms with Crippen molar-refractivity contribution in [2.75, 3.05) is 7.05 Å². The maximum Gasteiger partial charge on any atom is 0.239 e. The van der Waals surface area contributed by atoms with Crippen molar-refractivity contribution in [3.05, 3.63) is 48.0 Å². The van der Waals surface area contributed by atoms with E-state index in [1.165, 1.54) is 10.8 Å². The largest absolute Gasteiger partial charge is 0.340 e. The van der Waals surface area contributed by atoms with E-state index >= 15 is 0 Å². The zero-order chi connectivity index (χ0) is 13.1. The fourth-order valence-electron chi connectivity index (χ4n) is 2.11. The lowest BCUT2D eigenvalue weighted by Gasteiger charge is -2.20. The van der Waals surface area contributed by atoms with Gasteiger partial charge < -0.3 is 10.6 Å². The summed E-state index contributed by atoms with van der Waals surface area (Å²) in [6.07, 6.45) is 0. The Morgan fingerprint density at radius 3 is 2.61 bits per heavy atom. The third kappa shape index (κ3) is 2.51. The first-order chi connectivity index (χ1) is 8.59. The van der Waals surface area contributed by atoms with Crippen LogP contribution in [0.3, 0.4) is 0 Å². The number of fused-ring (bicyclic) bond motifs is 1. The topological polar surface area (TPSA) is 46.3 Å². The van der Waals surface area contributed by atoms with E-state index < -0.39 is 6.04 Å². The van der Waals surface area contributed by atoms with Crippen molar-refractivity contribution < 1.29 is 4.79 Å². The first kappa shape index (κ1) is 12.6. The third-order valence-electron chi connectivity index (χ3n) is 3.05. The van der Waals surface area contributed by atoms with Gasteiger partial charge in [0.25, 0.3) is 0 Å². The lowest BCUT2D eigenvalue weighted by Crippen LogP contribution is -2.39. The molecule has 0 aliphatic rings. The molecule has 0 bridgehead atoms. The molecular formula is C15H18N2O. The highest BCUT2D eigenvalue weighted by atomic mass is 16.2. The Morgan fingerprint density at radius 1 is 1.22 bits per heavy atom. The summed E-state index contributed by atoms with van der Waals surface area (Å²) in [5, 5.41) is 2.38. The monoisotopic (exact) mass is 242 g/mol. The van der Waals surface area contributed by atoms with E-state index in [2.05, 4.69) is 18.2 Å². The number of carbonyl (C=O) groups is 1. The molecule has 0 heterocycles. The van der Waals surface area contributed by atoms with Crippen molar-refractivity contribution in [2.24, 2.45) is 5.73 Å². The summed E-state index contributed by atoms with van der Waals surface area (Å²) in [6, 6.07) is 13.9. The maximum atomic E-state index is 11.8. The van der Waals surface area contributed by atoms with Gasteiger partial charge in [-0.1, -0.05) is 42.5 Å². The molecule has 0 fully saturated rings. The third-order valence-corrected chi connectivity index (χ3v) is 3.05. The van der Waals surface area contributed by atoms with Gasteiger partial charge in [-0.25, -0.2) is 0 Å². The van der Waals surface area contributed by atoms with Gasteiger partial charge >= 0.3 is 0 Å². The van der Waals surface area contributed by atoms with Crippen LogP contribution in [0.25, 0.3) is 10.8 Å². The summed E-state index contributed by atoms with van der Waals surface area (Å²) >= 11 is 0. The number of likely N-dealkylation sites (N-methyl/N-ethyl adjacent to an activating group) is 1. The van der Waals surface area contributed by atoms with Crippen LogP contribution in [0.4, 0.5) is 0 Å².